The van der Waals surface area contributed by atoms with Crippen molar-refractivity contribution in [2.24, 2.45) is 0 Å². The molecule has 0 atom stereocenters. The van der Waals surface area contributed by atoms with E-state index in [9.17, 15) is 4.39 Å². The van der Waals surface area contributed by atoms with Crippen molar-refractivity contribution >= 4 is 17.3 Å². The summed E-state index contributed by atoms with van der Waals surface area (Å²) in [6, 6.07) is 12.2. The lowest BCUT2D eigenvalue weighted by atomic mass is 10.2. The summed E-state index contributed by atoms with van der Waals surface area (Å²) in [5, 5.41) is 3.69. The molecule has 0 saturated carbocycles. The third-order valence-electron chi connectivity index (χ3n) is 2.82. The van der Waals surface area contributed by atoms with E-state index in [1.807, 2.05) is 24.3 Å². The van der Waals surface area contributed by atoms with Gasteiger partial charge in [-0.25, -0.2) is 4.39 Å². The molecule has 0 unspecified atom stereocenters. The van der Waals surface area contributed by atoms with Gasteiger partial charge in [0.1, 0.15) is 11.6 Å². The Morgan fingerprint density at radius 1 is 1.15 bits per heavy atom. The molecule has 2 aromatic carbocycles. The van der Waals surface area contributed by atoms with Crippen molar-refractivity contribution in [3.63, 3.8) is 0 Å². The molecule has 4 heteroatoms. The van der Waals surface area contributed by atoms with Gasteiger partial charge in [0.05, 0.1) is 6.61 Å². The summed E-state index contributed by atoms with van der Waals surface area (Å²) in [7, 11) is 0. The molecular formula is C16H17ClFNO. The van der Waals surface area contributed by atoms with Crippen molar-refractivity contribution in [3.8, 4) is 5.75 Å². The van der Waals surface area contributed by atoms with Crippen molar-refractivity contribution in [2.75, 3.05) is 11.9 Å². The normalized spacial score (nSPS) is 10.3. The van der Waals surface area contributed by atoms with Crippen LogP contribution in [0.15, 0.2) is 42.5 Å². The highest BCUT2D eigenvalue weighted by Crippen LogP contribution is 2.19. The predicted molar refractivity (Wildman–Crippen MR) is 81.0 cm³/mol. The van der Waals surface area contributed by atoms with Crippen LogP contribution in [0.5, 0.6) is 5.75 Å². The topological polar surface area (TPSA) is 21.3 Å². The molecule has 0 radical (unpaired) electrons. The maximum atomic E-state index is 13.6. The lowest BCUT2D eigenvalue weighted by molar-refractivity contribution is 0.317. The van der Waals surface area contributed by atoms with Crippen molar-refractivity contribution in [1.29, 1.82) is 0 Å². The summed E-state index contributed by atoms with van der Waals surface area (Å²) in [6.45, 7) is 3.16. The smallest absolute Gasteiger partial charge is 0.128 e. The van der Waals surface area contributed by atoms with Gasteiger partial charge in [-0.15, -0.1) is 0 Å². The molecular weight excluding hydrogens is 277 g/mol. The summed E-state index contributed by atoms with van der Waals surface area (Å²) in [5.41, 5.74) is 1.46. The second-order valence-corrected chi connectivity index (χ2v) is 4.90. The first-order valence-corrected chi connectivity index (χ1v) is 6.97. The maximum absolute atomic E-state index is 13.6. The van der Waals surface area contributed by atoms with Crippen molar-refractivity contribution in [3.05, 3.63) is 58.9 Å². The van der Waals surface area contributed by atoms with E-state index in [0.717, 1.165) is 17.9 Å². The van der Waals surface area contributed by atoms with Gasteiger partial charge in [-0.1, -0.05) is 18.5 Å². The van der Waals surface area contributed by atoms with Crippen LogP contribution in [0.4, 0.5) is 10.1 Å². The Bertz CT molecular complexity index is 557. The second kappa shape index (κ2) is 7.15. The first-order valence-electron chi connectivity index (χ1n) is 6.59. The molecule has 2 aromatic rings. The zero-order chi connectivity index (χ0) is 14.4. The molecule has 1 N–H and O–H groups in total. The van der Waals surface area contributed by atoms with Crippen LogP contribution in [0.3, 0.4) is 0 Å². The van der Waals surface area contributed by atoms with E-state index in [2.05, 4.69) is 12.2 Å². The van der Waals surface area contributed by atoms with Gasteiger partial charge in [-0.3, -0.25) is 0 Å². The van der Waals surface area contributed by atoms with Crippen LogP contribution < -0.4 is 10.1 Å². The SMILES string of the molecule is CCCOc1ccc(NCc2cc(Cl)ccc2F)cc1. The molecule has 0 fully saturated rings. The molecule has 20 heavy (non-hydrogen) atoms. The zero-order valence-corrected chi connectivity index (χ0v) is 12.1. The van der Waals surface area contributed by atoms with Gasteiger partial charge >= 0.3 is 0 Å². The van der Waals surface area contributed by atoms with Gasteiger partial charge in [0, 0.05) is 22.8 Å². The summed E-state index contributed by atoms with van der Waals surface area (Å²) in [5.74, 6) is 0.580. The Balaban J connectivity index is 1.95. The van der Waals surface area contributed by atoms with Crippen molar-refractivity contribution in [2.45, 2.75) is 19.9 Å². The highest BCUT2D eigenvalue weighted by molar-refractivity contribution is 6.30. The molecule has 0 amide bonds. The first kappa shape index (κ1) is 14.7. The van der Waals surface area contributed by atoms with E-state index in [-0.39, 0.29) is 5.82 Å². The van der Waals surface area contributed by atoms with Gasteiger partial charge in [-0.05, 0) is 48.9 Å². The number of hydrogen-bond acceptors (Lipinski definition) is 2. The highest BCUT2D eigenvalue weighted by atomic mass is 35.5. The summed E-state index contributed by atoms with van der Waals surface area (Å²) in [4.78, 5) is 0. The molecule has 0 aliphatic heterocycles. The molecule has 0 aliphatic carbocycles. The average Bonchev–Trinajstić information content (AvgIpc) is 2.47. The first-order chi connectivity index (χ1) is 9.69. The number of hydrogen-bond donors (Lipinski definition) is 1. The van der Waals surface area contributed by atoms with Gasteiger partial charge in [0.15, 0.2) is 0 Å². The Kier molecular flexibility index (Phi) is 5.24. The fourth-order valence-corrected chi connectivity index (χ4v) is 1.96. The van der Waals surface area contributed by atoms with Crippen LogP contribution in [0.1, 0.15) is 18.9 Å². The number of anilines is 1. The number of rotatable bonds is 6. The molecule has 0 heterocycles. The predicted octanol–water partition coefficient (Wildman–Crippen LogP) is 4.88. The summed E-state index contributed by atoms with van der Waals surface area (Å²) < 4.78 is 19.1. The van der Waals surface area contributed by atoms with Crippen molar-refractivity contribution in [1.82, 2.24) is 0 Å². The number of ether oxygens (including phenoxy) is 1. The van der Waals surface area contributed by atoms with Gasteiger partial charge in [-0.2, -0.15) is 0 Å². The van der Waals surface area contributed by atoms with Crippen LogP contribution in [-0.4, -0.2) is 6.61 Å². The van der Waals surface area contributed by atoms with Crippen LogP contribution in [0, 0.1) is 5.82 Å². The minimum atomic E-state index is -0.259. The van der Waals surface area contributed by atoms with E-state index in [4.69, 9.17) is 16.3 Å². The van der Waals surface area contributed by atoms with E-state index in [0.29, 0.717) is 23.7 Å². The average molecular weight is 294 g/mol. The number of nitrogens with one attached hydrogen (secondary N) is 1. The fourth-order valence-electron chi connectivity index (χ4n) is 1.76. The van der Waals surface area contributed by atoms with E-state index >= 15 is 0 Å². The molecule has 106 valence electrons. The maximum Gasteiger partial charge on any atom is 0.128 e. The largest absolute Gasteiger partial charge is 0.494 e. The third kappa shape index (κ3) is 4.14. The van der Waals surface area contributed by atoms with Crippen LogP contribution in [0.2, 0.25) is 5.02 Å². The Labute approximate surface area is 123 Å². The molecule has 0 bridgehead atoms. The lowest BCUT2D eigenvalue weighted by Gasteiger charge is -2.09. The van der Waals surface area contributed by atoms with E-state index < -0.39 is 0 Å². The van der Waals surface area contributed by atoms with Crippen LogP contribution in [-0.2, 0) is 6.54 Å². The highest BCUT2D eigenvalue weighted by Gasteiger charge is 2.03. The Morgan fingerprint density at radius 3 is 2.60 bits per heavy atom. The molecule has 2 rings (SSSR count). The van der Waals surface area contributed by atoms with Crippen LogP contribution in [0.25, 0.3) is 0 Å². The van der Waals surface area contributed by atoms with Crippen LogP contribution >= 0.6 is 11.6 Å². The molecule has 0 saturated heterocycles. The number of halogens is 2. The Hall–Kier alpha value is -1.74. The zero-order valence-electron chi connectivity index (χ0n) is 11.3. The second-order valence-electron chi connectivity index (χ2n) is 4.46. The molecule has 0 aromatic heterocycles. The Morgan fingerprint density at radius 2 is 1.90 bits per heavy atom. The molecule has 0 aliphatic rings. The monoisotopic (exact) mass is 293 g/mol. The van der Waals surface area contributed by atoms with Gasteiger partial charge in [0.2, 0.25) is 0 Å². The standard InChI is InChI=1S/C16H17ClFNO/c1-2-9-20-15-6-4-14(5-7-15)19-11-12-10-13(17)3-8-16(12)18/h3-8,10,19H,2,9,11H2,1H3. The number of benzene rings is 2. The van der Waals surface area contributed by atoms with Gasteiger partial charge < -0.3 is 10.1 Å². The summed E-state index contributed by atoms with van der Waals surface area (Å²) >= 11 is 5.86. The van der Waals surface area contributed by atoms with E-state index in [1.54, 1.807) is 12.1 Å². The third-order valence-corrected chi connectivity index (χ3v) is 3.05. The lowest BCUT2D eigenvalue weighted by Crippen LogP contribution is -2.02. The fraction of sp³-hybridized carbons (Fsp3) is 0.250. The van der Waals surface area contributed by atoms with E-state index in [1.165, 1.54) is 6.07 Å². The van der Waals surface area contributed by atoms with Crippen molar-refractivity contribution < 1.29 is 9.13 Å². The quantitative estimate of drug-likeness (QED) is 0.819. The van der Waals surface area contributed by atoms with Gasteiger partial charge in [0.25, 0.3) is 0 Å². The molecule has 0 spiro atoms. The summed E-state index contributed by atoms with van der Waals surface area (Å²) in [6.07, 6.45) is 0.980. The minimum Gasteiger partial charge on any atom is -0.494 e. The molecule has 2 nitrogen and oxygen atoms in total. The minimum absolute atomic E-state index is 0.259.